The van der Waals surface area contributed by atoms with Gasteiger partial charge in [0, 0.05) is 21.8 Å². The van der Waals surface area contributed by atoms with Crippen LogP contribution in [-0.2, 0) is 0 Å². The number of rotatable bonds is 1. The van der Waals surface area contributed by atoms with E-state index in [1.807, 2.05) is 6.07 Å². The van der Waals surface area contributed by atoms with E-state index in [1.54, 1.807) is 18.2 Å². The number of thiophene rings is 1. The lowest BCUT2D eigenvalue weighted by Gasteiger charge is -2.04. The highest BCUT2D eigenvalue weighted by Gasteiger charge is 2.10. The van der Waals surface area contributed by atoms with E-state index < -0.39 is 0 Å². The maximum Gasteiger partial charge on any atom is 0.102 e. The number of halogens is 3. The minimum absolute atomic E-state index is 0.596. The summed E-state index contributed by atoms with van der Waals surface area (Å²) < 4.78 is 1.28. The van der Waals surface area contributed by atoms with E-state index in [1.165, 1.54) is 11.3 Å². The molecule has 2 N–H and O–H groups in total. The second kappa shape index (κ2) is 4.22. The average molecular weight is 279 g/mol. The van der Waals surface area contributed by atoms with Crippen LogP contribution in [0.3, 0.4) is 0 Å². The molecule has 78 valence electrons. The molecule has 0 saturated carbocycles. The van der Waals surface area contributed by atoms with Crippen molar-refractivity contribution in [2.75, 3.05) is 5.73 Å². The number of anilines is 1. The van der Waals surface area contributed by atoms with Crippen LogP contribution in [0.15, 0.2) is 24.3 Å². The van der Waals surface area contributed by atoms with Crippen LogP contribution in [0.1, 0.15) is 0 Å². The molecule has 0 atom stereocenters. The molecule has 2 rings (SSSR count). The molecular formula is C10H6Cl3NS. The zero-order chi connectivity index (χ0) is 11.0. The van der Waals surface area contributed by atoms with Crippen LogP contribution in [0.2, 0.25) is 13.7 Å². The number of nitrogen functional groups attached to an aromatic ring is 1. The van der Waals surface area contributed by atoms with Crippen molar-refractivity contribution < 1.29 is 0 Å². The van der Waals surface area contributed by atoms with Crippen molar-refractivity contribution in [2.24, 2.45) is 0 Å². The smallest absolute Gasteiger partial charge is 0.102 e. The lowest BCUT2D eigenvalue weighted by molar-refractivity contribution is 1.65. The summed E-state index contributed by atoms with van der Waals surface area (Å²) in [6.07, 6.45) is 0. The van der Waals surface area contributed by atoms with Gasteiger partial charge < -0.3 is 5.73 Å². The van der Waals surface area contributed by atoms with Crippen molar-refractivity contribution >= 4 is 51.8 Å². The summed E-state index contributed by atoms with van der Waals surface area (Å²) in [4.78, 5) is 0. The highest BCUT2D eigenvalue weighted by atomic mass is 35.5. The molecule has 5 heteroatoms. The topological polar surface area (TPSA) is 26.0 Å². The van der Waals surface area contributed by atoms with E-state index in [0.29, 0.717) is 19.4 Å². The average Bonchev–Trinajstić information content (AvgIpc) is 2.45. The van der Waals surface area contributed by atoms with Gasteiger partial charge in [-0.1, -0.05) is 40.9 Å². The van der Waals surface area contributed by atoms with Gasteiger partial charge in [-0.25, -0.2) is 0 Å². The van der Waals surface area contributed by atoms with Crippen LogP contribution in [-0.4, -0.2) is 0 Å². The van der Waals surface area contributed by atoms with E-state index in [4.69, 9.17) is 40.5 Å². The monoisotopic (exact) mass is 277 g/mol. The number of hydrogen-bond donors (Lipinski definition) is 1. The van der Waals surface area contributed by atoms with Gasteiger partial charge in [0.2, 0.25) is 0 Å². The van der Waals surface area contributed by atoms with Crippen LogP contribution >= 0.6 is 46.1 Å². The fourth-order valence-corrected chi connectivity index (χ4v) is 2.97. The number of nitrogens with two attached hydrogens (primary N) is 1. The highest BCUT2D eigenvalue weighted by Crippen LogP contribution is 2.40. The summed E-state index contributed by atoms with van der Waals surface area (Å²) >= 11 is 19.0. The van der Waals surface area contributed by atoms with Gasteiger partial charge in [0.1, 0.15) is 4.34 Å². The van der Waals surface area contributed by atoms with E-state index in [-0.39, 0.29) is 0 Å². The first-order valence-electron chi connectivity index (χ1n) is 4.08. The summed E-state index contributed by atoms with van der Waals surface area (Å²) in [6.45, 7) is 0. The van der Waals surface area contributed by atoms with Gasteiger partial charge in [-0.05, 0) is 18.2 Å². The lowest BCUT2D eigenvalue weighted by Crippen LogP contribution is -1.88. The SMILES string of the molecule is Nc1cc(Cl)ccc1-c1cc(Cl)sc1Cl. The van der Waals surface area contributed by atoms with Gasteiger partial charge in [0.25, 0.3) is 0 Å². The molecule has 0 saturated heterocycles. The maximum atomic E-state index is 6.04. The lowest BCUT2D eigenvalue weighted by atomic mass is 10.1. The molecule has 0 aliphatic heterocycles. The molecule has 1 aromatic carbocycles. The Morgan fingerprint density at radius 2 is 1.73 bits per heavy atom. The van der Waals surface area contributed by atoms with Crippen LogP contribution in [0.5, 0.6) is 0 Å². The van der Waals surface area contributed by atoms with E-state index >= 15 is 0 Å². The Morgan fingerprint density at radius 3 is 2.27 bits per heavy atom. The second-order valence-electron chi connectivity index (χ2n) is 2.97. The van der Waals surface area contributed by atoms with Crippen molar-refractivity contribution in [3.8, 4) is 11.1 Å². The van der Waals surface area contributed by atoms with Crippen molar-refractivity contribution in [3.63, 3.8) is 0 Å². The molecular weight excluding hydrogens is 273 g/mol. The maximum absolute atomic E-state index is 6.04. The first-order valence-corrected chi connectivity index (χ1v) is 6.03. The van der Waals surface area contributed by atoms with Crippen LogP contribution in [0, 0.1) is 0 Å². The highest BCUT2D eigenvalue weighted by molar-refractivity contribution is 7.20. The molecule has 0 aliphatic carbocycles. The van der Waals surface area contributed by atoms with Gasteiger partial charge in [0.05, 0.1) is 4.34 Å². The van der Waals surface area contributed by atoms with Crippen LogP contribution in [0.25, 0.3) is 11.1 Å². The summed E-state index contributed by atoms with van der Waals surface area (Å²) in [5.74, 6) is 0. The molecule has 0 bridgehead atoms. The molecule has 0 aliphatic rings. The summed E-state index contributed by atoms with van der Waals surface area (Å²) in [6, 6.07) is 7.10. The Hall–Kier alpha value is -0.410. The Labute approximate surface area is 106 Å². The Bertz CT molecular complexity index is 507. The Balaban J connectivity index is 2.59. The molecule has 15 heavy (non-hydrogen) atoms. The normalized spacial score (nSPS) is 10.6. The fourth-order valence-electron chi connectivity index (χ4n) is 1.30. The van der Waals surface area contributed by atoms with E-state index in [0.717, 1.165) is 11.1 Å². The first-order chi connectivity index (χ1) is 7.08. The zero-order valence-corrected chi connectivity index (χ0v) is 10.5. The molecule has 0 amide bonds. The molecule has 1 heterocycles. The summed E-state index contributed by atoms with van der Waals surface area (Å²) in [5, 5.41) is 0.605. The second-order valence-corrected chi connectivity index (χ2v) is 5.69. The fraction of sp³-hybridized carbons (Fsp3) is 0. The Kier molecular flexibility index (Phi) is 3.12. The predicted molar refractivity (Wildman–Crippen MR) is 69.2 cm³/mol. The minimum atomic E-state index is 0.596. The van der Waals surface area contributed by atoms with Gasteiger partial charge in [-0.3, -0.25) is 0 Å². The predicted octanol–water partition coefficient (Wildman–Crippen LogP) is 4.96. The number of hydrogen-bond acceptors (Lipinski definition) is 2. The third kappa shape index (κ3) is 2.23. The van der Waals surface area contributed by atoms with Crippen molar-refractivity contribution in [3.05, 3.63) is 38.0 Å². The molecule has 1 nitrogen and oxygen atoms in total. The van der Waals surface area contributed by atoms with Crippen LogP contribution < -0.4 is 5.73 Å². The Morgan fingerprint density at radius 1 is 1.00 bits per heavy atom. The summed E-state index contributed by atoms with van der Waals surface area (Å²) in [5.41, 5.74) is 8.15. The van der Waals surface area contributed by atoms with Gasteiger partial charge >= 0.3 is 0 Å². The van der Waals surface area contributed by atoms with Gasteiger partial charge in [-0.15, -0.1) is 11.3 Å². The minimum Gasteiger partial charge on any atom is -0.398 e. The standard InChI is InChI=1S/C10H6Cl3NS/c11-5-1-2-6(8(14)3-5)7-4-9(12)15-10(7)13/h1-4H,14H2. The third-order valence-electron chi connectivity index (χ3n) is 1.96. The molecule has 0 radical (unpaired) electrons. The van der Waals surface area contributed by atoms with Crippen molar-refractivity contribution in [1.29, 1.82) is 0 Å². The van der Waals surface area contributed by atoms with E-state index in [9.17, 15) is 0 Å². The van der Waals surface area contributed by atoms with Gasteiger partial charge in [-0.2, -0.15) is 0 Å². The molecule has 0 spiro atoms. The third-order valence-corrected chi connectivity index (χ3v) is 3.68. The zero-order valence-electron chi connectivity index (χ0n) is 7.43. The van der Waals surface area contributed by atoms with Crippen molar-refractivity contribution in [2.45, 2.75) is 0 Å². The molecule has 2 aromatic rings. The van der Waals surface area contributed by atoms with Crippen LogP contribution in [0.4, 0.5) is 5.69 Å². The van der Waals surface area contributed by atoms with Gasteiger partial charge in [0.15, 0.2) is 0 Å². The quantitative estimate of drug-likeness (QED) is 0.733. The number of benzene rings is 1. The summed E-state index contributed by atoms with van der Waals surface area (Å²) in [7, 11) is 0. The molecule has 0 unspecified atom stereocenters. The molecule has 1 aromatic heterocycles. The largest absolute Gasteiger partial charge is 0.398 e. The first kappa shape index (κ1) is 11.1. The van der Waals surface area contributed by atoms with Crippen molar-refractivity contribution in [1.82, 2.24) is 0 Å². The van der Waals surface area contributed by atoms with E-state index in [2.05, 4.69) is 0 Å². The molecule has 0 fully saturated rings.